The topological polar surface area (TPSA) is 44.4 Å². The lowest BCUT2D eigenvalue weighted by Gasteiger charge is -2.12. The number of nitrogens with zero attached hydrogens (tertiary/aromatic N) is 1. The lowest BCUT2D eigenvalue weighted by molar-refractivity contribution is 0.0827. The largest absolute Gasteiger partial charge is 0.362 e. The molecule has 0 saturated heterocycles. The van der Waals surface area contributed by atoms with E-state index in [2.05, 4.69) is 17.6 Å². The first-order valence-electron chi connectivity index (χ1n) is 6.41. The number of anilines is 1. The minimum absolute atomic E-state index is 0.00445. The Morgan fingerprint density at radius 2 is 1.89 bits per heavy atom. The van der Waals surface area contributed by atoms with Crippen LogP contribution in [0.5, 0.6) is 0 Å². The van der Waals surface area contributed by atoms with Gasteiger partial charge in [-0.05, 0) is 42.9 Å². The highest BCUT2D eigenvalue weighted by molar-refractivity contribution is 7.80. The van der Waals surface area contributed by atoms with Crippen LogP contribution in [0.3, 0.4) is 0 Å². The normalized spacial score (nSPS) is 9.84. The summed E-state index contributed by atoms with van der Waals surface area (Å²) in [6.45, 7) is 3.01. The van der Waals surface area contributed by atoms with Gasteiger partial charge in [0.05, 0.1) is 0 Å². The Labute approximate surface area is 120 Å². The first kappa shape index (κ1) is 15.4. The molecule has 0 aliphatic rings. The number of benzene rings is 1. The van der Waals surface area contributed by atoms with Crippen LogP contribution in [0.1, 0.15) is 30.1 Å². The maximum absolute atomic E-state index is 11.7. The van der Waals surface area contributed by atoms with Gasteiger partial charge >= 0.3 is 0 Å². The van der Waals surface area contributed by atoms with E-state index in [-0.39, 0.29) is 5.91 Å². The second-order valence-corrected chi connectivity index (χ2v) is 4.92. The molecule has 0 bridgehead atoms. The highest BCUT2D eigenvalue weighted by atomic mass is 32.1. The SMILES string of the molecule is CCCCNC(=S)Nc1ccc(C(=O)N(C)C)cc1. The van der Waals surface area contributed by atoms with Crippen molar-refractivity contribution in [1.29, 1.82) is 0 Å². The highest BCUT2D eigenvalue weighted by Crippen LogP contribution is 2.10. The number of rotatable bonds is 5. The summed E-state index contributed by atoms with van der Waals surface area (Å²) in [7, 11) is 3.47. The van der Waals surface area contributed by atoms with Crippen LogP contribution in [0.2, 0.25) is 0 Å². The van der Waals surface area contributed by atoms with Crippen molar-refractivity contribution < 1.29 is 4.79 Å². The molecule has 1 amide bonds. The number of carbonyl (C=O) groups is 1. The van der Waals surface area contributed by atoms with Crippen LogP contribution in [0, 0.1) is 0 Å². The smallest absolute Gasteiger partial charge is 0.253 e. The van der Waals surface area contributed by atoms with E-state index >= 15 is 0 Å². The van der Waals surface area contributed by atoms with Gasteiger partial charge in [0, 0.05) is 31.9 Å². The van der Waals surface area contributed by atoms with Gasteiger partial charge in [0.25, 0.3) is 5.91 Å². The van der Waals surface area contributed by atoms with E-state index in [1.807, 2.05) is 12.1 Å². The Bertz CT molecular complexity index is 429. The van der Waals surface area contributed by atoms with Crippen molar-refractivity contribution in [2.24, 2.45) is 0 Å². The van der Waals surface area contributed by atoms with Gasteiger partial charge in [0.15, 0.2) is 5.11 Å². The average Bonchev–Trinajstić information content (AvgIpc) is 2.39. The first-order valence-corrected chi connectivity index (χ1v) is 6.82. The van der Waals surface area contributed by atoms with E-state index in [0.29, 0.717) is 10.7 Å². The van der Waals surface area contributed by atoms with E-state index in [9.17, 15) is 4.79 Å². The van der Waals surface area contributed by atoms with Gasteiger partial charge < -0.3 is 15.5 Å². The number of unbranched alkanes of at least 4 members (excludes halogenated alkanes) is 1. The standard InChI is InChI=1S/C14H21N3OS/c1-4-5-10-15-14(19)16-12-8-6-11(7-9-12)13(18)17(2)3/h6-9H,4-5,10H2,1-3H3,(H2,15,16,19). The number of amides is 1. The zero-order chi connectivity index (χ0) is 14.3. The molecule has 19 heavy (non-hydrogen) atoms. The van der Waals surface area contributed by atoms with Gasteiger partial charge in [0.1, 0.15) is 0 Å². The zero-order valence-corrected chi connectivity index (χ0v) is 12.5. The van der Waals surface area contributed by atoms with Crippen LogP contribution in [0.15, 0.2) is 24.3 Å². The fourth-order valence-electron chi connectivity index (χ4n) is 1.51. The molecular formula is C14H21N3OS. The van der Waals surface area contributed by atoms with Gasteiger partial charge in [-0.25, -0.2) is 0 Å². The molecule has 1 aromatic carbocycles. The summed E-state index contributed by atoms with van der Waals surface area (Å²) in [5, 5.41) is 6.84. The van der Waals surface area contributed by atoms with Crippen molar-refractivity contribution in [1.82, 2.24) is 10.2 Å². The molecule has 0 radical (unpaired) electrons. The summed E-state index contributed by atoms with van der Waals surface area (Å²) < 4.78 is 0. The summed E-state index contributed by atoms with van der Waals surface area (Å²) in [6, 6.07) is 7.29. The van der Waals surface area contributed by atoms with E-state index < -0.39 is 0 Å². The Kier molecular flexibility index (Phi) is 6.29. The number of hydrogen-bond donors (Lipinski definition) is 2. The second-order valence-electron chi connectivity index (χ2n) is 4.51. The molecular weight excluding hydrogens is 258 g/mol. The maximum Gasteiger partial charge on any atom is 0.253 e. The lowest BCUT2D eigenvalue weighted by atomic mass is 10.2. The molecule has 0 saturated carbocycles. The molecule has 0 unspecified atom stereocenters. The third kappa shape index (κ3) is 5.26. The third-order valence-corrected chi connectivity index (χ3v) is 2.86. The van der Waals surface area contributed by atoms with Gasteiger partial charge in [-0.3, -0.25) is 4.79 Å². The summed E-state index contributed by atoms with van der Waals surface area (Å²) in [6.07, 6.45) is 2.23. The molecule has 1 aromatic rings. The molecule has 0 spiro atoms. The highest BCUT2D eigenvalue weighted by Gasteiger charge is 2.07. The zero-order valence-electron chi connectivity index (χ0n) is 11.7. The van der Waals surface area contributed by atoms with Crippen LogP contribution in [0.25, 0.3) is 0 Å². The monoisotopic (exact) mass is 279 g/mol. The summed E-state index contributed by atoms with van der Waals surface area (Å²) >= 11 is 5.18. The Hall–Kier alpha value is -1.62. The lowest BCUT2D eigenvalue weighted by Crippen LogP contribution is -2.29. The minimum atomic E-state index is -0.00445. The van der Waals surface area contributed by atoms with Crippen molar-refractivity contribution in [2.75, 3.05) is 26.0 Å². The quantitative estimate of drug-likeness (QED) is 0.642. The molecule has 2 N–H and O–H groups in total. The van der Waals surface area contributed by atoms with Gasteiger partial charge in [-0.15, -0.1) is 0 Å². The Morgan fingerprint density at radius 3 is 2.42 bits per heavy atom. The molecule has 0 heterocycles. The van der Waals surface area contributed by atoms with Crippen molar-refractivity contribution in [3.63, 3.8) is 0 Å². The molecule has 0 fully saturated rings. The molecule has 1 rings (SSSR count). The van der Waals surface area contributed by atoms with Gasteiger partial charge in [-0.2, -0.15) is 0 Å². The van der Waals surface area contributed by atoms with Crippen LogP contribution < -0.4 is 10.6 Å². The number of nitrogens with one attached hydrogen (secondary N) is 2. The summed E-state index contributed by atoms with van der Waals surface area (Å²) in [4.78, 5) is 13.3. The van der Waals surface area contributed by atoms with Crippen molar-refractivity contribution >= 4 is 28.9 Å². The molecule has 4 nitrogen and oxygen atoms in total. The van der Waals surface area contributed by atoms with Crippen molar-refractivity contribution in [2.45, 2.75) is 19.8 Å². The Morgan fingerprint density at radius 1 is 1.26 bits per heavy atom. The van der Waals surface area contributed by atoms with Crippen LogP contribution in [-0.2, 0) is 0 Å². The minimum Gasteiger partial charge on any atom is -0.362 e. The third-order valence-electron chi connectivity index (χ3n) is 2.61. The van der Waals surface area contributed by atoms with E-state index in [1.165, 1.54) is 0 Å². The molecule has 0 aliphatic carbocycles. The van der Waals surface area contributed by atoms with Crippen molar-refractivity contribution in [3.05, 3.63) is 29.8 Å². The van der Waals surface area contributed by atoms with Crippen LogP contribution >= 0.6 is 12.2 Å². The first-order chi connectivity index (χ1) is 9.04. The van der Waals surface area contributed by atoms with Crippen LogP contribution in [-0.4, -0.2) is 36.6 Å². The summed E-state index contributed by atoms with van der Waals surface area (Å²) in [5.74, 6) is -0.00445. The molecule has 0 aromatic heterocycles. The Balaban J connectivity index is 2.52. The van der Waals surface area contributed by atoms with E-state index in [4.69, 9.17) is 12.2 Å². The van der Waals surface area contributed by atoms with E-state index in [1.54, 1.807) is 31.1 Å². The second kappa shape index (κ2) is 7.74. The maximum atomic E-state index is 11.7. The van der Waals surface area contributed by atoms with Gasteiger partial charge in [-0.1, -0.05) is 13.3 Å². The number of carbonyl (C=O) groups excluding carboxylic acids is 1. The average molecular weight is 279 g/mol. The van der Waals surface area contributed by atoms with E-state index in [0.717, 1.165) is 25.1 Å². The predicted molar refractivity (Wildman–Crippen MR) is 83.6 cm³/mol. The van der Waals surface area contributed by atoms with Crippen LogP contribution in [0.4, 0.5) is 5.69 Å². The number of hydrogen-bond acceptors (Lipinski definition) is 2. The molecule has 0 aliphatic heterocycles. The van der Waals surface area contributed by atoms with Gasteiger partial charge in [0.2, 0.25) is 0 Å². The fourth-order valence-corrected chi connectivity index (χ4v) is 1.73. The number of thiocarbonyl (C=S) groups is 1. The fraction of sp³-hybridized carbons (Fsp3) is 0.429. The van der Waals surface area contributed by atoms with Crippen molar-refractivity contribution in [3.8, 4) is 0 Å². The molecule has 0 atom stereocenters. The molecule has 104 valence electrons. The predicted octanol–water partition coefficient (Wildman–Crippen LogP) is 2.47. The summed E-state index contributed by atoms with van der Waals surface area (Å²) in [5.41, 5.74) is 1.55. The molecule has 5 heteroatoms.